The topological polar surface area (TPSA) is 100 Å². The lowest BCUT2D eigenvalue weighted by molar-refractivity contribution is -0.385. The van der Waals surface area contributed by atoms with Gasteiger partial charge in [-0.3, -0.25) is 14.9 Å². The third kappa shape index (κ3) is 4.27. The normalized spacial score (nSPS) is 13.7. The van der Waals surface area contributed by atoms with Crippen molar-refractivity contribution in [2.75, 3.05) is 36.4 Å². The molecule has 0 spiro atoms. The van der Waals surface area contributed by atoms with Gasteiger partial charge < -0.3 is 15.5 Å². The molecule has 3 rings (SSSR count). The summed E-state index contributed by atoms with van der Waals surface area (Å²) in [6.07, 6.45) is 1.70. The zero-order chi connectivity index (χ0) is 17.8. The van der Waals surface area contributed by atoms with Gasteiger partial charge in [0.15, 0.2) is 0 Å². The SMILES string of the molecule is Cc1cccc(C(=O)Nc2ccc(N3CCNCC3)cn2)c1[N+](=O)[O-].Cl. The summed E-state index contributed by atoms with van der Waals surface area (Å²) in [5, 5.41) is 17.1. The molecular formula is C17H20ClN5O3. The second-order valence-electron chi connectivity index (χ2n) is 5.82. The lowest BCUT2D eigenvalue weighted by Gasteiger charge is -2.29. The number of anilines is 2. The molecule has 0 bridgehead atoms. The van der Waals surface area contributed by atoms with Crippen LogP contribution in [0.4, 0.5) is 17.2 Å². The first-order valence-electron chi connectivity index (χ1n) is 8.03. The molecule has 9 heteroatoms. The molecule has 138 valence electrons. The maximum atomic E-state index is 12.4. The van der Waals surface area contributed by atoms with Crippen LogP contribution in [0.2, 0.25) is 0 Å². The highest BCUT2D eigenvalue weighted by Crippen LogP contribution is 2.24. The minimum atomic E-state index is -0.544. The maximum Gasteiger partial charge on any atom is 0.285 e. The van der Waals surface area contributed by atoms with E-state index in [0.29, 0.717) is 11.4 Å². The number of nitrogens with zero attached hydrogens (tertiary/aromatic N) is 3. The molecule has 1 fully saturated rings. The standard InChI is InChI=1S/C17H19N5O3.ClH/c1-12-3-2-4-14(16(12)22(24)25)17(23)20-15-6-5-13(11-19-15)21-9-7-18-8-10-21;/h2-6,11,18H,7-10H2,1H3,(H,19,20,23);1H. The van der Waals surface area contributed by atoms with E-state index in [0.717, 1.165) is 31.9 Å². The number of aryl methyl sites for hydroxylation is 1. The van der Waals surface area contributed by atoms with Crippen LogP contribution in [-0.4, -0.2) is 42.0 Å². The summed E-state index contributed by atoms with van der Waals surface area (Å²) in [5.74, 6) is -0.183. The van der Waals surface area contributed by atoms with Crippen LogP contribution in [0, 0.1) is 17.0 Å². The number of benzene rings is 1. The molecule has 1 saturated heterocycles. The van der Waals surface area contributed by atoms with Crippen LogP contribution in [0.5, 0.6) is 0 Å². The lowest BCUT2D eigenvalue weighted by Crippen LogP contribution is -2.43. The number of carbonyl (C=O) groups is 1. The fraction of sp³-hybridized carbons (Fsp3) is 0.294. The van der Waals surface area contributed by atoms with E-state index < -0.39 is 10.8 Å². The molecule has 26 heavy (non-hydrogen) atoms. The first kappa shape index (κ1) is 19.6. The number of pyridine rings is 1. The van der Waals surface area contributed by atoms with Crippen LogP contribution in [-0.2, 0) is 0 Å². The van der Waals surface area contributed by atoms with Gasteiger partial charge in [-0.05, 0) is 25.1 Å². The van der Waals surface area contributed by atoms with Gasteiger partial charge in [0.05, 0.1) is 16.8 Å². The number of halogens is 1. The molecule has 2 aromatic rings. The van der Waals surface area contributed by atoms with Gasteiger partial charge in [-0.1, -0.05) is 12.1 Å². The highest BCUT2D eigenvalue weighted by atomic mass is 35.5. The van der Waals surface area contributed by atoms with Crippen molar-refractivity contribution in [2.24, 2.45) is 0 Å². The van der Waals surface area contributed by atoms with Crippen molar-refractivity contribution in [3.8, 4) is 0 Å². The van der Waals surface area contributed by atoms with E-state index >= 15 is 0 Å². The van der Waals surface area contributed by atoms with Crippen molar-refractivity contribution in [2.45, 2.75) is 6.92 Å². The Morgan fingerprint density at radius 2 is 2.00 bits per heavy atom. The molecule has 1 aromatic carbocycles. The number of para-hydroxylation sites is 1. The number of nitrogens with one attached hydrogen (secondary N) is 2. The molecule has 2 heterocycles. The largest absolute Gasteiger partial charge is 0.368 e. The molecule has 1 amide bonds. The summed E-state index contributed by atoms with van der Waals surface area (Å²) >= 11 is 0. The molecule has 1 aliphatic rings. The van der Waals surface area contributed by atoms with Crippen LogP contribution in [0.15, 0.2) is 36.5 Å². The molecule has 1 aliphatic heterocycles. The number of rotatable bonds is 4. The summed E-state index contributed by atoms with van der Waals surface area (Å²) < 4.78 is 0. The number of hydrogen-bond acceptors (Lipinski definition) is 6. The monoisotopic (exact) mass is 377 g/mol. The van der Waals surface area contributed by atoms with E-state index in [1.165, 1.54) is 6.07 Å². The van der Waals surface area contributed by atoms with Crippen molar-refractivity contribution in [3.05, 3.63) is 57.8 Å². The number of hydrogen-bond donors (Lipinski definition) is 2. The van der Waals surface area contributed by atoms with Crippen molar-refractivity contribution in [1.82, 2.24) is 10.3 Å². The summed E-state index contributed by atoms with van der Waals surface area (Å²) in [6.45, 7) is 5.27. The second-order valence-corrected chi connectivity index (χ2v) is 5.82. The van der Waals surface area contributed by atoms with Gasteiger partial charge in [0.25, 0.3) is 11.6 Å². The first-order valence-corrected chi connectivity index (χ1v) is 8.03. The molecule has 0 saturated carbocycles. The van der Waals surface area contributed by atoms with Crippen molar-refractivity contribution < 1.29 is 9.72 Å². The Hall–Kier alpha value is -2.71. The fourth-order valence-corrected chi connectivity index (χ4v) is 2.84. The predicted molar refractivity (Wildman–Crippen MR) is 102 cm³/mol. The molecular weight excluding hydrogens is 358 g/mol. The van der Waals surface area contributed by atoms with E-state index in [-0.39, 0.29) is 23.7 Å². The second kappa shape index (κ2) is 8.59. The fourth-order valence-electron chi connectivity index (χ4n) is 2.84. The van der Waals surface area contributed by atoms with Gasteiger partial charge in [-0.15, -0.1) is 12.4 Å². The Balaban J connectivity index is 0.00000243. The van der Waals surface area contributed by atoms with Gasteiger partial charge in [-0.2, -0.15) is 0 Å². The van der Waals surface area contributed by atoms with E-state index in [9.17, 15) is 14.9 Å². The predicted octanol–water partition coefficient (Wildman–Crippen LogP) is 2.38. The van der Waals surface area contributed by atoms with E-state index in [1.807, 2.05) is 6.07 Å². The third-order valence-corrected chi connectivity index (χ3v) is 4.14. The van der Waals surface area contributed by atoms with E-state index in [4.69, 9.17) is 0 Å². The Morgan fingerprint density at radius 1 is 1.27 bits per heavy atom. The summed E-state index contributed by atoms with van der Waals surface area (Å²) in [5.41, 5.74) is 1.27. The van der Waals surface area contributed by atoms with Crippen LogP contribution in [0.25, 0.3) is 0 Å². The quantitative estimate of drug-likeness (QED) is 0.626. The van der Waals surface area contributed by atoms with E-state index in [1.54, 1.807) is 31.3 Å². The Kier molecular flexibility index (Phi) is 6.48. The van der Waals surface area contributed by atoms with Crippen LogP contribution in [0.3, 0.4) is 0 Å². The minimum Gasteiger partial charge on any atom is -0.368 e. The Labute approximate surface area is 157 Å². The number of piperazine rings is 1. The highest BCUT2D eigenvalue weighted by molar-refractivity contribution is 6.07. The van der Waals surface area contributed by atoms with Crippen molar-refractivity contribution >= 4 is 35.5 Å². The molecule has 0 atom stereocenters. The maximum absolute atomic E-state index is 12.4. The average Bonchev–Trinajstić information content (AvgIpc) is 2.62. The van der Waals surface area contributed by atoms with Crippen molar-refractivity contribution in [3.63, 3.8) is 0 Å². The van der Waals surface area contributed by atoms with Gasteiger partial charge >= 0.3 is 0 Å². The number of aromatic nitrogens is 1. The van der Waals surface area contributed by atoms with Crippen LogP contribution < -0.4 is 15.5 Å². The lowest BCUT2D eigenvalue weighted by atomic mass is 10.1. The Morgan fingerprint density at radius 3 is 2.62 bits per heavy atom. The summed E-state index contributed by atoms with van der Waals surface area (Å²) in [7, 11) is 0. The third-order valence-electron chi connectivity index (χ3n) is 4.14. The molecule has 0 aliphatic carbocycles. The smallest absolute Gasteiger partial charge is 0.285 e. The minimum absolute atomic E-state index is 0. The molecule has 8 nitrogen and oxygen atoms in total. The van der Waals surface area contributed by atoms with Gasteiger partial charge in [0.2, 0.25) is 0 Å². The number of nitro groups is 1. The Bertz CT molecular complexity index is 791. The van der Waals surface area contributed by atoms with Crippen molar-refractivity contribution in [1.29, 1.82) is 0 Å². The molecule has 1 aromatic heterocycles. The van der Waals surface area contributed by atoms with E-state index in [2.05, 4.69) is 20.5 Å². The van der Waals surface area contributed by atoms with Gasteiger partial charge in [0, 0.05) is 31.7 Å². The number of amides is 1. The van der Waals surface area contributed by atoms with Gasteiger partial charge in [0.1, 0.15) is 11.4 Å². The zero-order valence-corrected chi connectivity index (χ0v) is 15.1. The first-order chi connectivity index (χ1) is 12.1. The number of carbonyl (C=O) groups excluding carboxylic acids is 1. The summed E-state index contributed by atoms with van der Waals surface area (Å²) in [6, 6.07) is 8.26. The number of nitro benzene ring substituents is 1. The average molecular weight is 378 g/mol. The highest BCUT2D eigenvalue weighted by Gasteiger charge is 2.22. The molecule has 0 unspecified atom stereocenters. The van der Waals surface area contributed by atoms with Gasteiger partial charge in [-0.25, -0.2) is 4.98 Å². The molecule has 0 radical (unpaired) electrons. The summed E-state index contributed by atoms with van der Waals surface area (Å²) in [4.78, 5) is 29.5. The zero-order valence-electron chi connectivity index (χ0n) is 14.3. The van der Waals surface area contributed by atoms with Crippen LogP contribution in [0.1, 0.15) is 15.9 Å². The molecule has 2 N–H and O–H groups in total. The van der Waals surface area contributed by atoms with Crippen LogP contribution >= 0.6 is 12.4 Å².